The summed E-state index contributed by atoms with van der Waals surface area (Å²) in [7, 11) is 3.13. The molecule has 1 N–H and O–H groups in total. The number of hydrogen-bond acceptors (Lipinski definition) is 5. The van der Waals surface area contributed by atoms with Crippen LogP contribution in [0.5, 0.6) is 11.5 Å². The van der Waals surface area contributed by atoms with Gasteiger partial charge in [0, 0.05) is 6.42 Å². The number of carbonyl (C=O) groups is 2. The molecule has 0 aromatic heterocycles. The highest BCUT2D eigenvalue weighted by atomic mass is 16.5. The van der Waals surface area contributed by atoms with Gasteiger partial charge in [0.1, 0.15) is 0 Å². The van der Waals surface area contributed by atoms with Crippen molar-refractivity contribution in [1.82, 2.24) is 5.32 Å². The van der Waals surface area contributed by atoms with E-state index in [-0.39, 0.29) is 25.0 Å². The quantitative estimate of drug-likeness (QED) is 0.618. The van der Waals surface area contributed by atoms with E-state index in [1.807, 2.05) is 43.3 Å². The molecule has 0 unspecified atom stereocenters. The van der Waals surface area contributed by atoms with Gasteiger partial charge < -0.3 is 19.5 Å². The van der Waals surface area contributed by atoms with E-state index < -0.39 is 5.97 Å². The van der Waals surface area contributed by atoms with Crippen molar-refractivity contribution in [3.63, 3.8) is 0 Å². The lowest BCUT2D eigenvalue weighted by Crippen LogP contribution is -2.31. The van der Waals surface area contributed by atoms with Gasteiger partial charge >= 0.3 is 5.97 Å². The molecule has 156 valence electrons. The van der Waals surface area contributed by atoms with Crippen LogP contribution in [-0.2, 0) is 27.2 Å². The van der Waals surface area contributed by atoms with Crippen LogP contribution >= 0.6 is 0 Å². The summed E-state index contributed by atoms with van der Waals surface area (Å²) in [6, 6.07) is 13.4. The third-order valence-corrected chi connectivity index (χ3v) is 4.70. The molecule has 0 fully saturated rings. The fourth-order valence-corrected chi connectivity index (χ4v) is 2.91. The van der Waals surface area contributed by atoms with Crippen molar-refractivity contribution in [2.45, 2.75) is 39.2 Å². The summed E-state index contributed by atoms with van der Waals surface area (Å²) in [6.07, 6.45) is 1.64. The number of ether oxygens (including phenoxy) is 3. The van der Waals surface area contributed by atoms with Crippen molar-refractivity contribution < 1.29 is 23.8 Å². The Morgan fingerprint density at radius 1 is 0.966 bits per heavy atom. The van der Waals surface area contributed by atoms with Gasteiger partial charge in [0.05, 0.1) is 20.3 Å². The van der Waals surface area contributed by atoms with Crippen LogP contribution in [0.3, 0.4) is 0 Å². The lowest BCUT2D eigenvalue weighted by atomic mass is 10.1. The molecule has 0 saturated heterocycles. The largest absolute Gasteiger partial charge is 0.493 e. The minimum atomic E-state index is -0.421. The van der Waals surface area contributed by atoms with Gasteiger partial charge in [-0.15, -0.1) is 0 Å². The van der Waals surface area contributed by atoms with E-state index in [2.05, 4.69) is 12.2 Å². The van der Waals surface area contributed by atoms with Gasteiger partial charge in [0.2, 0.25) is 0 Å². The molecule has 0 aliphatic heterocycles. The molecular formula is C23H29NO5. The highest BCUT2D eigenvalue weighted by molar-refractivity contribution is 5.80. The van der Waals surface area contributed by atoms with Gasteiger partial charge in [-0.05, 0) is 48.6 Å². The maximum Gasteiger partial charge on any atom is 0.306 e. The number of aryl methyl sites for hydroxylation is 2. The molecule has 2 aromatic rings. The average Bonchev–Trinajstić information content (AvgIpc) is 2.75. The maximum atomic E-state index is 12.1. The molecule has 0 aliphatic rings. The third kappa shape index (κ3) is 6.82. The number of esters is 1. The van der Waals surface area contributed by atoms with Crippen molar-refractivity contribution in [1.29, 1.82) is 0 Å². The van der Waals surface area contributed by atoms with Crippen LogP contribution < -0.4 is 14.8 Å². The molecule has 0 saturated carbocycles. The predicted molar refractivity (Wildman–Crippen MR) is 111 cm³/mol. The fraction of sp³-hybridized carbons (Fsp3) is 0.391. The Hall–Kier alpha value is -3.02. The SMILES string of the molecule is CCc1ccc([C@H](C)NC(=O)COC(=O)CCc2ccc(OC)c(OC)c2)cc1. The Labute approximate surface area is 172 Å². The van der Waals surface area contributed by atoms with Gasteiger partial charge in [0.25, 0.3) is 5.91 Å². The fourth-order valence-electron chi connectivity index (χ4n) is 2.91. The van der Waals surface area contributed by atoms with Gasteiger partial charge in [-0.1, -0.05) is 37.3 Å². The first kappa shape index (κ1) is 22.3. The summed E-state index contributed by atoms with van der Waals surface area (Å²) < 4.78 is 15.5. The Kier molecular flexibility index (Phi) is 8.52. The highest BCUT2D eigenvalue weighted by Crippen LogP contribution is 2.28. The molecule has 6 heteroatoms. The summed E-state index contributed by atoms with van der Waals surface area (Å²) in [5.74, 6) is 0.499. The summed E-state index contributed by atoms with van der Waals surface area (Å²) in [6.45, 7) is 3.71. The first-order valence-corrected chi connectivity index (χ1v) is 9.71. The van der Waals surface area contributed by atoms with E-state index in [9.17, 15) is 9.59 Å². The van der Waals surface area contributed by atoms with Crippen LogP contribution in [-0.4, -0.2) is 32.7 Å². The Bertz CT molecular complexity index is 817. The molecule has 0 spiro atoms. The Morgan fingerprint density at radius 2 is 1.62 bits per heavy atom. The summed E-state index contributed by atoms with van der Waals surface area (Å²) >= 11 is 0. The Morgan fingerprint density at radius 3 is 2.24 bits per heavy atom. The zero-order chi connectivity index (χ0) is 21.2. The summed E-state index contributed by atoms with van der Waals surface area (Å²) in [4.78, 5) is 24.0. The van der Waals surface area contributed by atoms with Crippen molar-refractivity contribution >= 4 is 11.9 Å². The molecule has 29 heavy (non-hydrogen) atoms. The van der Waals surface area contributed by atoms with Crippen molar-refractivity contribution in [2.75, 3.05) is 20.8 Å². The van der Waals surface area contributed by atoms with Crippen molar-refractivity contribution in [3.05, 3.63) is 59.2 Å². The average molecular weight is 399 g/mol. The number of nitrogens with one attached hydrogen (secondary N) is 1. The van der Waals surface area contributed by atoms with Crippen molar-refractivity contribution in [3.8, 4) is 11.5 Å². The lowest BCUT2D eigenvalue weighted by Gasteiger charge is -2.15. The predicted octanol–water partition coefficient (Wildman–Crippen LogP) is 3.62. The molecule has 0 aliphatic carbocycles. The summed E-state index contributed by atoms with van der Waals surface area (Å²) in [5, 5.41) is 2.84. The van der Waals surface area contributed by atoms with Crippen LogP contribution in [0, 0.1) is 0 Å². The monoisotopic (exact) mass is 399 g/mol. The van der Waals surface area contributed by atoms with E-state index in [1.165, 1.54) is 5.56 Å². The maximum absolute atomic E-state index is 12.1. The number of hydrogen-bond donors (Lipinski definition) is 1. The zero-order valence-electron chi connectivity index (χ0n) is 17.5. The molecule has 0 heterocycles. The second-order valence-electron chi connectivity index (χ2n) is 6.73. The number of benzene rings is 2. The molecule has 0 radical (unpaired) electrons. The lowest BCUT2D eigenvalue weighted by molar-refractivity contribution is -0.148. The van der Waals surface area contributed by atoms with E-state index in [0.717, 1.165) is 17.5 Å². The minimum Gasteiger partial charge on any atom is -0.493 e. The van der Waals surface area contributed by atoms with Crippen LogP contribution in [0.25, 0.3) is 0 Å². The second kappa shape index (κ2) is 11.1. The number of amides is 1. The Balaban J connectivity index is 1.76. The molecule has 2 rings (SSSR count). The first-order valence-electron chi connectivity index (χ1n) is 9.71. The number of methoxy groups -OCH3 is 2. The summed E-state index contributed by atoms with van der Waals surface area (Å²) in [5.41, 5.74) is 3.18. The number of rotatable bonds is 10. The normalized spacial score (nSPS) is 11.4. The highest BCUT2D eigenvalue weighted by Gasteiger charge is 2.13. The molecule has 0 bridgehead atoms. The third-order valence-electron chi connectivity index (χ3n) is 4.70. The van der Waals surface area contributed by atoms with E-state index in [4.69, 9.17) is 14.2 Å². The number of carbonyl (C=O) groups excluding carboxylic acids is 2. The second-order valence-corrected chi connectivity index (χ2v) is 6.73. The molecule has 1 atom stereocenters. The van der Waals surface area contributed by atoms with Gasteiger partial charge in [-0.25, -0.2) is 0 Å². The van der Waals surface area contributed by atoms with Crippen LogP contribution in [0.2, 0.25) is 0 Å². The van der Waals surface area contributed by atoms with Gasteiger partial charge in [-0.3, -0.25) is 9.59 Å². The van der Waals surface area contributed by atoms with E-state index in [0.29, 0.717) is 17.9 Å². The van der Waals surface area contributed by atoms with E-state index >= 15 is 0 Å². The molecule has 6 nitrogen and oxygen atoms in total. The molecule has 2 aromatic carbocycles. The van der Waals surface area contributed by atoms with Gasteiger partial charge in [-0.2, -0.15) is 0 Å². The topological polar surface area (TPSA) is 73.9 Å². The van der Waals surface area contributed by atoms with Crippen LogP contribution in [0.1, 0.15) is 43.0 Å². The first-order chi connectivity index (χ1) is 14.0. The van der Waals surface area contributed by atoms with E-state index in [1.54, 1.807) is 20.3 Å². The van der Waals surface area contributed by atoms with Crippen molar-refractivity contribution in [2.24, 2.45) is 0 Å². The van der Waals surface area contributed by atoms with Crippen LogP contribution in [0.4, 0.5) is 0 Å². The smallest absolute Gasteiger partial charge is 0.306 e. The standard InChI is InChI=1S/C23H29NO5/c1-5-17-6-10-19(11-7-17)16(2)24-22(25)15-29-23(26)13-9-18-8-12-20(27-3)21(14-18)28-4/h6-8,10-12,14,16H,5,9,13,15H2,1-4H3,(H,24,25)/t16-/m0/s1. The molecular weight excluding hydrogens is 370 g/mol. The minimum absolute atomic E-state index is 0.154. The van der Waals surface area contributed by atoms with Gasteiger partial charge in [0.15, 0.2) is 18.1 Å². The van der Waals surface area contributed by atoms with Crippen LogP contribution in [0.15, 0.2) is 42.5 Å². The molecule has 1 amide bonds. The zero-order valence-corrected chi connectivity index (χ0v) is 17.5.